The van der Waals surface area contributed by atoms with Crippen LogP contribution >= 0.6 is 11.3 Å². The molecule has 0 saturated heterocycles. The average Bonchev–Trinajstić information content (AvgIpc) is 3.76. The molecule has 0 atom stereocenters. The van der Waals surface area contributed by atoms with Gasteiger partial charge in [0.25, 0.3) is 0 Å². The molecule has 0 spiro atoms. The van der Waals surface area contributed by atoms with E-state index in [1.54, 1.807) is 12.7 Å². The Morgan fingerprint density at radius 2 is 1.00 bits per heavy atom. The summed E-state index contributed by atoms with van der Waals surface area (Å²) in [5, 5.41) is 7.45. The number of hydrogen-bond donors (Lipinski definition) is 0. The minimum absolute atomic E-state index is 0.617. The Balaban J connectivity index is 1.21. The molecule has 0 saturated carbocycles. The minimum atomic E-state index is 0.617. The zero-order valence-corrected chi connectivity index (χ0v) is 24.7. The lowest BCUT2D eigenvalue weighted by atomic mass is 10.0. The van der Waals surface area contributed by atoms with Crippen LogP contribution in [0.1, 0.15) is 0 Å². The molecule has 5 nitrogen and oxygen atoms in total. The van der Waals surface area contributed by atoms with Crippen LogP contribution in [0.3, 0.4) is 0 Å². The van der Waals surface area contributed by atoms with Gasteiger partial charge in [0.05, 0.1) is 27.8 Å². The van der Waals surface area contributed by atoms with Gasteiger partial charge in [-0.25, -0.2) is 15.0 Å². The van der Waals surface area contributed by atoms with Crippen molar-refractivity contribution in [1.82, 2.24) is 24.1 Å². The minimum Gasteiger partial charge on any atom is -0.309 e. The predicted octanol–water partition coefficient (Wildman–Crippen LogP) is 10.1. The van der Waals surface area contributed by atoms with Crippen LogP contribution < -0.4 is 0 Å². The second-order valence-electron chi connectivity index (χ2n) is 11.4. The molecule has 4 heterocycles. The summed E-state index contributed by atoms with van der Waals surface area (Å²) in [6.07, 6.45) is 3.09. The van der Waals surface area contributed by atoms with E-state index in [4.69, 9.17) is 0 Å². The maximum atomic E-state index is 4.46. The molecule has 6 heteroatoms. The van der Waals surface area contributed by atoms with Gasteiger partial charge >= 0.3 is 0 Å². The van der Waals surface area contributed by atoms with Crippen LogP contribution in [0, 0.1) is 0 Å². The van der Waals surface area contributed by atoms with Gasteiger partial charge < -0.3 is 4.57 Å². The van der Waals surface area contributed by atoms with E-state index in [1.165, 1.54) is 69.6 Å². The van der Waals surface area contributed by atoms with E-state index in [1.807, 2.05) is 11.3 Å². The first-order valence-electron chi connectivity index (χ1n) is 14.9. The summed E-state index contributed by atoms with van der Waals surface area (Å²) in [7, 11) is 0. The lowest BCUT2D eigenvalue weighted by Gasteiger charge is -2.11. The predicted molar refractivity (Wildman–Crippen MR) is 187 cm³/mol. The molecule has 6 aromatic carbocycles. The van der Waals surface area contributed by atoms with E-state index in [9.17, 15) is 0 Å². The van der Waals surface area contributed by atoms with Crippen molar-refractivity contribution in [1.29, 1.82) is 0 Å². The van der Waals surface area contributed by atoms with Gasteiger partial charge in [-0.05, 0) is 65.7 Å². The van der Waals surface area contributed by atoms with Crippen molar-refractivity contribution >= 4 is 75.1 Å². The van der Waals surface area contributed by atoms with Crippen molar-refractivity contribution in [2.24, 2.45) is 0 Å². The fraction of sp³-hybridized carbons (Fsp3) is 0. The third-order valence-electron chi connectivity index (χ3n) is 8.98. The van der Waals surface area contributed by atoms with Gasteiger partial charge in [0.2, 0.25) is 5.95 Å². The van der Waals surface area contributed by atoms with Crippen molar-refractivity contribution in [2.75, 3.05) is 0 Å². The van der Waals surface area contributed by atoms with Crippen LogP contribution in [0.25, 0.3) is 86.5 Å². The molecule has 0 N–H and O–H groups in total. The van der Waals surface area contributed by atoms with Gasteiger partial charge in [-0.2, -0.15) is 0 Å². The molecule has 0 aliphatic carbocycles. The van der Waals surface area contributed by atoms with Gasteiger partial charge in [-0.3, -0.25) is 4.57 Å². The van der Waals surface area contributed by atoms with Gasteiger partial charge in [-0.15, -0.1) is 11.3 Å². The summed E-state index contributed by atoms with van der Waals surface area (Å²) < 4.78 is 7.18. The van der Waals surface area contributed by atoms with Crippen LogP contribution in [0.4, 0.5) is 0 Å². The maximum absolute atomic E-state index is 4.46. The number of aromatic nitrogens is 5. The summed E-state index contributed by atoms with van der Waals surface area (Å²) >= 11 is 1.86. The molecule has 210 valence electrons. The SMILES string of the molecule is c1ccc2c(c1)sc1cccc(-n3c4ccccc4c4cc(-c5ccc6c(c5)c5ccccc5n6-c5ncncn5)ccc43)c12. The first-order valence-corrected chi connectivity index (χ1v) is 15.7. The zero-order chi connectivity index (χ0) is 29.5. The second-order valence-corrected chi connectivity index (χ2v) is 12.4. The van der Waals surface area contributed by atoms with Crippen molar-refractivity contribution in [3.8, 4) is 22.8 Å². The summed E-state index contributed by atoms with van der Waals surface area (Å²) in [6.45, 7) is 0. The van der Waals surface area contributed by atoms with Crippen LogP contribution in [0.15, 0.2) is 140 Å². The highest BCUT2D eigenvalue weighted by Crippen LogP contribution is 2.42. The van der Waals surface area contributed by atoms with Crippen molar-refractivity contribution < 1.29 is 0 Å². The fourth-order valence-corrected chi connectivity index (χ4v) is 8.20. The fourth-order valence-electron chi connectivity index (χ4n) is 7.07. The second kappa shape index (κ2) is 9.32. The highest BCUT2D eigenvalue weighted by Gasteiger charge is 2.18. The quantitative estimate of drug-likeness (QED) is 0.205. The smallest absolute Gasteiger partial charge is 0.237 e. The Bertz CT molecular complexity index is 2770. The molecule has 10 aromatic rings. The molecule has 10 rings (SSSR count). The molecule has 0 aliphatic rings. The van der Waals surface area contributed by atoms with Crippen LogP contribution in [0.2, 0.25) is 0 Å². The van der Waals surface area contributed by atoms with Gasteiger partial charge in [0.1, 0.15) is 12.7 Å². The molecule has 0 fully saturated rings. The average molecular weight is 594 g/mol. The number of para-hydroxylation sites is 2. The molecule has 45 heavy (non-hydrogen) atoms. The van der Waals surface area contributed by atoms with E-state index in [2.05, 4.69) is 151 Å². The monoisotopic (exact) mass is 593 g/mol. The normalized spacial score (nSPS) is 12.0. The Labute approximate surface area is 261 Å². The summed E-state index contributed by atoms with van der Waals surface area (Å²) in [4.78, 5) is 13.0. The molecular formula is C39H23N5S. The van der Waals surface area contributed by atoms with E-state index in [0.717, 1.165) is 11.0 Å². The number of nitrogens with zero attached hydrogens (tertiary/aromatic N) is 5. The summed E-state index contributed by atoms with van der Waals surface area (Å²) in [6, 6.07) is 46.2. The summed E-state index contributed by atoms with van der Waals surface area (Å²) in [5.41, 5.74) is 8.13. The van der Waals surface area contributed by atoms with E-state index in [0.29, 0.717) is 5.95 Å². The number of fused-ring (bicyclic) bond motifs is 9. The van der Waals surface area contributed by atoms with Crippen LogP contribution in [-0.2, 0) is 0 Å². The highest BCUT2D eigenvalue weighted by atomic mass is 32.1. The number of benzene rings is 6. The highest BCUT2D eigenvalue weighted by molar-refractivity contribution is 7.25. The van der Waals surface area contributed by atoms with E-state index in [-0.39, 0.29) is 0 Å². The Morgan fingerprint density at radius 1 is 0.444 bits per heavy atom. The van der Waals surface area contributed by atoms with Crippen molar-refractivity contribution in [3.63, 3.8) is 0 Å². The lowest BCUT2D eigenvalue weighted by molar-refractivity contribution is 0.939. The lowest BCUT2D eigenvalue weighted by Crippen LogP contribution is -2.00. The molecule has 0 amide bonds. The van der Waals surface area contributed by atoms with E-state index >= 15 is 0 Å². The van der Waals surface area contributed by atoms with E-state index < -0.39 is 0 Å². The summed E-state index contributed by atoms with van der Waals surface area (Å²) in [5.74, 6) is 0.617. The van der Waals surface area contributed by atoms with Gasteiger partial charge in [0, 0.05) is 41.7 Å². The molecule has 0 radical (unpaired) electrons. The Morgan fingerprint density at radius 3 is 1.71 bits per heavy atom. The number of thiophene rings is 1. The Hall–Kier alpha value is -5.85. The molecular weight excluding hydrogens is 571 g/mol. The molecule has 0 unspecified atom stereocenters. The van der Waals surface area contributed by atoms with Gasteiger partial charge in [0.15, 0.2) is 0 Å². The van der Waals surface area contributed by atoms with Gasteiger partial charge in [-0.1, -0.05) is 72.8 Å². The number of hydrogen-bond acceptors (Lipinski definition) is 4. The third kappa shape index (κ3) is 3.51. The van der Waals surface area contributed by atoms with Crippen LogP contribution in [-0.4, -0.2) is 24.1 Å². The largest absolute Gasteiger partial charge is 0.309 e. The van der Waals surface area contributed by atoms with Crippen molar-refractivity contribution in [2.45, 2.75) is 0 Å². The first-order chi connectivity index (χ1) is 22.3. The standard InChI is InChI=1S/C39H23N5S/c1-4-11-31-26(8-1)29-20-24(16-18-33(29)43(31)35-13-7-15-37-38(35)28-10-3-6-14-36(28)45-37)25-17-19-34-30(21-25)27-9-2-5-12-32(27)44(34)39-41-22-40-23-42-39/h1-23H. The maximum Gasteiger partial charge on any atom is 0.237 e. The zero-order valence-electron chi connectivity index (χ0n) is 23.9. The molecule has 0 aliphatic heterocycles. The number of rotatable bonds is 3. The van der Waals surface area contributed by atoms with Crippen LogP contribution in [0.5, 0.6) is 0 Å². The first kappa shape index (κ1) is 24.6. The Kier molecular flexibility index (Phi) is 5.09. The molecule has 0 bridgehead atoms. The van der Waals surface area contributed by atoms with Crippen molar-refractivity contribution in [3.05, 3.63) is 140 Å². The third-order valence-corrected chi connectivity index (χ3v) is 10.1. The molecule has 4 aromatic heterocycles. The topological polar surface area (TPSA) is 48.5 Å².